The molecule has 0 radical (unpaired) electrons. The number of nitrogens with zero attached hydrogens (tertiary/aromatic N) is 1. The number of hydrogen-bond donors (Lipinski definition) is 1. The number of carbonyl (C=O) groups excluding carboxylic acids is 2. The zero-order valence-electron chi connectivity index (χ0n) is 12.2. The fourth-order valence-corrected chi connectivity index (χ4v) is 2.08. The molecule has 0 bridgehead atoms. The van der Waals surface area contributed by atoms with Gasteiger partial charge in [0.05, 0.1) is 29.7 Å². The van der Waals surface area contributed by atoms with Crippen LogP contribution < -0.4 is 0 Å². The zero-order valence-corrected chi connectivity index (χ0v) is 13.0. The SMILES string of the molecule is CCOC(=O)CCN(CC(C)O)C(=O)c1ccccc1Cl. The van der Waals surface area contributed by atoms with Crippen molar-refractivity contribution in [2.24, 2.45) is 0 Å². The Kier molecular flexibility index (Phi) is 7.19. The molecule has 0 aliphatic heterocycles. The quantitative estimate of drug-likeness (QED) is 0.783. The first-order valence-corrected chi connectivity index (χ1v) is 7.21. The third kappa shape index (κ3) is 5.73. The van der Waals surface area contributed by atoms with E-state index in [9.17, 15) is 14.7 Å². The van der Waals surface area contributed by atoms with E-state index in [-0.39, 0.29) is 31.4 Å². The maximum atomic E-state index is 12.4. The number of ether oxygens (including phenoxy) is 1. The summed E-state index contributed by atoms with van der Waals surface area (Å²) in [5.74, 6) is -0.689. The normalized spacial score (nSPS) is 11.8. The molecule has 1 N–H and O–H groups in total. The Labute approximate surface area is 129 Å². The van der Waals surface area contributed by atoms with Crippen LogP contribution in [-0.2, 0) is 9.53 Å². The molecule has 1 rings (SSSR count). The molecule has 116 valence electrons. The minimum atomic E-state index is -0.696. The van der Waals surface area contributed by atoms with Gasteiger partial charge in [-0.2, -0.15) is 0 Å². The van der Waals surface area contributed by atoms with Crippen LogP contribution in [0.4, 0.5) is 0 Å². The van der Waals surface area contributed by atoms with Crippen molar-refractivity contribution in [3.8, 4) is 0 Å². The van der Waals surface area contributed by atoms with Crippen molar-refractivity contribution in [3.05, 3.63) is 34.9 Å². The first kappa shape index (κ1) is 17.5. The highest BCUT2D eigenvalue weighted by molar-refractivity contribution is 6.33. The van der Waals surface area contributed by atoms with Crippen molar-refractivity contribution in [3.63, 3.8) is 0 Å². The summed E-state index contributed by atoms with van der Waals surface area (Å²) in [6.45, 7) is 3.91. The van der Waals surface area contributed by atoms with E-state index in [0.29, 0.717) is 17.2 Å². The standard InChI is InChI=1S/C15H20ClNO4/c1-3-21-14(19)8-9-17(10-11(2)18)15(20)12-6-4-5-7-13(12)16/h4-7,11,18H,3,8-10H2,1-2H3. The minimum absolute atomic E-state index is 0.0801. The van der Waals surface area contributed by atoms with Gasteiger partial charge in [-0.25, -0.2) is 0 Å². The van der Waals surface area contributed by atoms with E-state index in [0.717, 1.165) is 0 Å². The van der Waals surface area contributed by atoms with Crippen molar-refractivity contribution in [2.45, 2.75) is 26.4 Å². The average molecular weight is 314 g/mol. The summed E-state index contributed by atoms with van der Waals surface area (Å²) in [5.41, 5.74) is 0.351. The van der Waals surface area contributed by atoms with Crippen molar-refractivity contribution in [1.82, 2.24) is 4.90 Å². The minimum Gasteiger partial charge on any atom is -0.466 e. The van der Waals surface area contributed by atoms with Crippen LogP contribution in [0.15, 0.2) is 24.3 Å². The van der Waals surface area contributed by atoms with Gasteiger partial charge >= 0.3 is 5.97 Å². The molecule has 5 nitrogen and oxygen atoms in total. The fourth-order valence-electron chi connectivity index (χ4n) is 1.86. The predicted octanol–water partition coefficient (Wildman–Crippen LogP) is 2.12. The van der Waals surface area contributed by atoms with Crippen LogP contribution in [-0.4, -0.2) is 47.7 Å². The molecular formula is C15H20ClNO4. The average Bonchev–Trinajstić information content (AvgIpc) is 2.43. The van der Waals surface area contributed by atoms with E-state index >= 15 is 0 Å². The molecule has 0 saturated carbocycles. The van der Waals surface area contributed by atoms with Crippen molar-refractivity contribution in [2.75, 3.05) is 19.7 Å². The Morgan fingerprint density at radius 2 is 2.05 bits per heavy atom. The fraction of sp³-hybridized carbons (Fsp3) is 0.467. The summed E-state index contributed by atoms with van der Waals surface area (Å²) in [5, 5.41) is 9.86. The Morgan fingerprint density at radius 1 is 1.38 bits per heavy atom. The van der Waals surface area contributed by atoms with E-state index in [1.165, 1.54) is 4.90 Å². The number of aliphatic hydroxyl groups excluding tert-OH is 1. The molecule has 0 aliphatic carbocycles. The third-order valence-electron chi connectivity index (χ3n) is 2.77. The Bertz CT molecular complexity index is 490. The second-order valence-electron chi connectivity index (χ2n) is 4.64. The molecule has 0 fully saturated rings. The van der Waals surface area contributed by atoms with Gasteiger partial charge in [-0.1, -0.05) is 23.7 Å². The molecule has 0 heterocycles. The zero-order chi connectivity index (χ0) is 15.8. The first-order valence-electron chi connectivity index (χ1n) is 6.83. The summed E-state index contributed by atoms with van der Waals surface area (Å²) in [6, 6.07) is 6.69. The van der Waals surface area contributed by atoms with Crippen molar-refractivity contribution in [1.29, 1.82) is 0 Å². The van der Waals surface area contributed by atoms with Gasteiger partial charge in [0.2, 0.25) is 0 Å². The topological polar surface area (TPSA) is 66.8 Å². The largest absolute Gasteiger partial charge is 0.466 e. The molecule has 6 heteroatoms. The molecule has 0 saturated heterocycles. The highest BCUT2D eigenvalue weighted by Gasteiger charge is 2.20. The number of halogens is 1. The summed E-state index contributed by atoms with van der Waals surface area (Å²) in [7, 11) is 0. The summed E-state index contributed by atoms with van der Waals surface area (Å²) in [6.07, 6.45) is -0.616. The maximum Gasteiger partial charge on any atom is 0.307 e. The van der Waals surface area contributed by atoms with Gasteiger partial charge in [0.1, 0.15) is 0 Å². The van der Waals surface area contributed by atoms with Crippen LogP contribution in [0.3, 0.4) is 0 Å². The van der Waals surface area contributed by atoms with Crippen LogP contribution >= 0.6 is 11.6 Å². The number of esters is 1. The van der Waals surface area contributed by atoms with E-state index in [1.807, 2.05) is 0 Å². The van der Waals surface area contributed by atoms with Crippen LogP contribution in [0.25, 0.3) is 0 Å². The molecule has 1 aromatic rings. The lowest BCUT2D eigenvalue weighted by Crippen LogP contribution is -2.38. The highest BCUT2D eigenvalue weighted by Crippen LogP contribution is 2.17. The summed E-state index contributed by atoms with van der Waals surface area (Å²) >= 11 is 6.01. The number of rotatable bonds is 7. The number of hydrogen-bond acceptors (Lipinski definition) is 4. The maximum absolute atomic E-state index is 12.4. The second kappa shape index (κ2) is 8.64. The lowest BCUT2D eigenvalue weighted by molar-refractivity contribution is -0.143. The molecular weight excluding hydrogens is 294 g/mol. The van der Waals surface area contributed by atoms with Crippen LogP contribution in [0.1, 0.15) is 30.6 Å². The lowest BCUT2D eigenvalue weighted by Gasteiger charge is -2.24. The summed E-state index contributed by atoms with van der Waals surface area (Å²) < 4.78 is 4.84. The number of carbonyl (C=O) groups is 2. The lowest BCUT2D eigenvalue weighted by atomic mass is 10.2. The number of aliphatic hydroxyl groups is 1. The smallest absolute Gasteiger partial charge is 0.307 e. The molecule has 1 amide bonds. The Morgan fingerprint density at radius 3 is 2.62 bits per heavy atom. The molecule has 1 aromatic carbocycles. The van der Waals surface area contributed by atoms with E-state index in [2.05, 4.69) is 0 Å². The van der Waals surface area contributed by atoms with Gasteiger partial charge in [-0.05, 0) is 26.0 Å². The van der Waals surface area contributed by atoms with Crippen LogP contribution in [0, 0.1) is 0 Å². The molecule has 21 heavy (non-hydrogen) atoms. The van der Waals surface area contributed by atoms with Crippen molar-refractivity contribution < 1.29 is 19.4 Å². The molecule has 0 aliphatic rings. The van der Waals surface area contributed by atoms with Crippen LogP contribution in [0.2, 0.25) is 5.02 Å². The molecule has 0 aromatic heterocycles. The molecule has 0 spiro atoms. The number of amides is 1. The monoisotopic (exact) mass is 313 g/mol. The van der Waals surface area contributed by atoms with Gasteiger partial charge < -0.3 is 14.7 Å². The van der Waals surface area contributed by atoms with Crippen molar-refractivity contribution >= 4 is 23.5 Å². The van der Waals surface area contributed by atoms with Crippen LogP contribution in [0.5, 0.6) is 0 Å². The van der Waals surface area contributed by atoms with Gasteiger partial charge in [-0.3, -0.25) is 9.59 Å². The molecule has 1 unspecified atom stereocenters. The number of benzene rings is 1. The van der Waals surface area contributed by atoms with Gasteiger partial charge in [0.15, 0.2) is 0 Å². The van der Waals surface area contributed by atoms with Gasteiger partial charge in [0, 0.05) is 13.1 Å². The second-order valence-corrected chi connectivity index (χ2v) is 5.04. The van der Waals surface area contributed by atoms with E-state index in [1.54, 1.807) is 38.1 Å². The Hall–Kier alpha value is -1.59. The van der Waals surface area contributed by atoms with E-state index < -0.39 is 6.10 Å². The van der Waals surface area contributed by atoms with Gasteiger partial charge in [0.25, 0.3) is 5.91 Å². The first-order chi connectivity index (χ1) is 9.95. The third-order valence-corrected chi connectivity index (χ3v) is 3.10. The predicted molar refractivity (Wildman–Crippen MR) is 80.3 cm³/mol. The Balaban J connectivity index is 2.79. The molecule has 1 atom stereocenters. The van der Waals surface area contributed by atoms with E-state index in [4.69, 9.17) is 16.3 Å². The van der Waals surface area contributed by atoms with Gasteiger partial charge in [-0.15, -0.1) is 0 Å². The summed E-state index contributed by atoms with van der Waals surface area (Å²) in [4.78, 5) is 25.3. The highest BCUT2D eigenvalue weighted by atomic mass is 35.5.